The first kappa shape index (κ1) is 20.5. The van der Waals surface area contributed by atoms with Crippen LogP contribution in [0.2, 0.25) is 0 Å². The normalized spacial score (nSPS) is 15.7. The van der Waals surface area contributed by atoms with E-state index >= 15 is 0 Å². The fourth-order valence-corrected chi connectivity index (χ4v) is 4.94. The molecule has 0 radical (unpaired) electrons. The van der Waals surface area contributed by atoms with Crippen molar-refractivity contribution in [2.45, 2.75) is 50.0 Å². The van der Waals surface area contributed by atoms with E-state index in [4.69, 9.17) is 9.47 Å². The van der Waals surface area contributed by atoms with Gasteiger partial charge in [0.1, 0.15) is 0 Å². The molecule has 0 aliphatic heterocycles. The van der Waals surface area contributed by atoms with E-state index in [0.717, 1.165) is 32.1 Å². The third-order valence-electron chi connectivity index (χ3n) is 4.62. The number of likely N-dealkylation sites (N-methyl/N-ethyl adjacent to an activating group) is 1. The Morgan fingerprint density at radius 2 is 1.81 bits per heavy atom. The SMILES string of the molecule is CCNC(=O)CN(C1CCCCC1)S(=O)(=O)c1ccc(OC)c(OC)c1. The molecular weight excluding hydrogens is 356 g/mol. The van der Waals surface area contributed by atoms with E-state index in [9.17, 15) is 13.2 Å². The molecule has 0 atom stereocenters. The summed E-state index contributed by atoms with van der Waals surface area (Å²) >= 11 is 0. The van der Waals surface area contributed by atoms with Gasteiger partial charge < -0.3 is 14.8 Å². The van der Waals surface area contributed by atoms with Crippen molar-refractivity contribution < 1.29 is 22.7 Å². The van der Waals surface area contributed by atoms with Crippen LogP contribution < -0.4 is 14.8 Å². The Hall–Kier alpha value is -1.80. The minimum absolute atomic E-state index is 0.102. The number of methoxy groups -OCH3 is 2. The second-order valence-corrected chi connectivity index (χ2v) is 8.20. The summed E-state index contributed by atoms with van der Waals surface area (Å²) in [5, 5.41) is 2.69. The highest BCUT2D eigenvalue weighted by molar-refractivity contribution is 7.89. The quantitative estimate of drug-likeness (QED) is 0.742. The van der Waals surface area contributed by atoms with Crippen LogP contribution in [0.25, 0.3) is 0 Å². The standard InChI is InChI=1S/C18H28N2O5S/c1-4-19-18(21)13-20(14-8-6-5-7-9-14)26(22,23)15-10-11-16(24-2)17(12-15)25-3/h10-12,14H,4-9,13H2,1-3H3,(H,19,21). The maximum Gasteiger partial charge on any atom is 0.243 e. The van der Waals surface area contributed by atoms with Crippen molar-refractivity contribution in [3.05, 3.63) is 18.2 Å². The number of amides is 1. The predicted molar refractivity (Wildman–Crippen MR) is 99.0 cm³/mol. The minimum Gasteiger partial charge on any atom is -0.493 e. The lowest BCUT2D eigenvalue weighted by Gasteiger charge is -2.33. The number of hydrogen-bond acceptors (Lipinski definition) is 5. The van der Waals surface area contributed by atoms with Crippen molar-refractivity contribution in [1.82, 2.24) is 9.62 Å². The van der Waals surface area contributed by atoms with Crippen LogP contribution in [0.3, 0.4) is 0 Å². The topological polar surface area (TPSA) is 84.9 Å². The van der Waals surface area contributed by atoms with Crippen molar-refractivity contribution in [1.29, 1.82) is 0 Å². The van der Waals surface area contributed by atoms with Gasteiger partial charge >= 0.3 is 0 Å². The molecule has 1 N–H and O–H groups in total. The van der Waals surface area contributed by atoms with Crippen LogP contribution in [0.4, 0.5) is 0 Å². The molecule has 1 aliphatic rings. The lowest BCUT2D eigenvalue weighted by molar-refractivity contribution is -0.121. The summed E-state index contributed by atoms with van der Waals surface area (Å²) in [6, 6.07) is 4.34. The molecule has 0 unspecified atom stereocenters. The lowest BCUT2D eigenvalue weighted by atomic mass is 9.95. The van der Waals surface area contributed by atoms with E-state index in [1.165, 1.54) is 30.7 Å². The zero-order valence-electron chi connectivity index (χ0n) is 15.7. The summed E-state index contributed by atoms with van der Waals surface area (Å²) in [7, 11) is -0.879. The fourth-order valence-electron chi connectivity index (χ4n) is 3.29. The van der Waals surface area contributed by atoms with Crippen molar-refractivity contribution >= 4 is 15.9 Å². The second kappa shape index (κ2) is 9.23. The van der Waals surface area contributed by atoms with Crippen molar-refractivity contribution in [3.63, 3.8) is 0 Å². The molecule has 1 amide bonds. The zero-order chi connectivity index (χ0) is 19.2. The van der Waals surface area contributed by atoms with Crippen LogP contribution in [0.15, 0.2) is 23.1 Å². The summed E-state index contributed by atoms with van der Waals surface area (Å²) in [6.07, 6.45) is 4.58. The third kappa shape index (κ3) is 4.67. The van der Waals surface area contributed by atoms with E-state index < -0.39 is 10.0 Å². The van der Waals surface area contributed by atoms with Gasteiger partial charge in [-0.25, -0.2) is 8.42 Å². The molecule has 26 heavy (non-hydrogen) atoms. The molecular formula is C18H28N2O5S. The van der Waals surface area contributed by atoms with Crippen molar-refractivity contribution in [2.24, 2.45) is 0 Å². The highest BCUT2D eigenvalue weighted by Gasteiger charge is 2.34. The Labute approximate surface area is 155 Å². The second-order valence-electron chi connectivity index (χ2n) is 6.31. The minimum atomic E-state index is -3.83. The smallest absolute Gasteiger partial charge is 0.243 e. The summed E-state index contributed by atoms with van der Waals surface area (Å²) in [5.74, 6) is 0.511. The Morgan fingerprint density at radius 1 is 1.15 bits per heavy atom. The average Bonchev–Trinajstić information content (AvgIpc) is 2.66. The molecule has 0 saturated heterocycles. The van der Waals surface area contributed by atoms with Gasteiger partial charge in [-0.1, -0.05) is 19.3 Å². The van der Waals surface area contributed by atoms with E-state index in [1.807, 2.05) is 6.92 Å². The first-order valence-corrected chi connectivity index (χ1v) is 10.4. The number of nitrogens with zero attached hydrogens (tertiary/aromatic N) is 1. The Kier molecular flexibility index (Phi) is 7.28. The van der Waals surface area contributed by atoms with Gasteiger partial charge in [-0.2, -0.15) is 4.31 Å². The molecule has 0 spiro atoms. The molecule has 8 heteroatoms. The number of rotatable bonds is 8. The summed E-state index contributed by atoms with van der Waals surface area (Å²) < 4.78 is 38.3. The molecule has 1 aliphatic carbocycles. The number of benzene rings is 1. The molecule has 146 valence electrons. The monoisotopic (exact) mass is 384 g/mol. The van der Waals surface area contributed by atoms with Crippen LogP contribution in [0.1, 0.15) is 39.0 Å². The number of nitrogens with one attached hydrogen (secondary N) is 1. The number of carbonyl (C=O) groups is 1. The summed E-state index contributed by atoms with van der Waals surface area (Å²) in [6.45, 7) is 2.11. The van der Waals surface area contributed by atoms with Gasteiger partial charge in [-0.15, -0.1) is 0 Å². The van der Waals surface area contributed by atoms with Gasteiger partial charge in [-0.05, 0) is 31.9 Å². The Balaban J connectivity index is 2.38. The van der Waals surface area contributed by atoms with Gasteiger partial charge in [-0.3, -0.25) is 4.79 Å². The first-order valence-electron chi connectivity index (χ1n) is 8.94. The Bertz CT molecular complexity index is 714. The fraction of sp³-hybridized carbons (Fsp3) is 0.611. The van der Waals surface area contributed by atoms with Crippen molar-refractivity contribution in [2.75, 3.05) is 27.3 Å². The van der Waals surface area contributed by atoms with Crippen LogP contribution >= 0.6 is 0 Å². The average molecular weight is 384 g/mol. The number of sulfonamides is 1. The number of carbonyl (C=O) groups excluding carboxylic acids is 1. The molecule has 1 aromatic carbocycles. The summed E-state index contributed by atoms with van der Waals surface area (Å²) in [5.41, 5.74) is 0. The Morgan fingerprint density at radius 3 is 2.38 bits per heavy atom. The van der Waals surface area contributed by atoms with E-state index in [2.05, 4.69) is 5.32 Å². The van der Waals surface area contributed by atoms with Crippen LogP contribution in [-0.2, 0) is 14.8 Å². The molecule has 7 nitrogen and oxygen atoms in total. The maximum atomic E-state index is 13.3. The molecule has 2 rings (SSSR count). The van der Waals surface area contributed by atoms with Crippen LogP contribution in [0, 0.1) is 0 Å². The van der Waals surface area contributed by atoms with Gasteiger partial charge in [0.05, 0.1) is 25.7 Å². The molecule has 0 aromatic heterocycles. The number of ether oxygens (including phenoxy) is 2. The first-order chi connectivity index (χ1) is 12.4. The predicted octanol–water partition coefficient (Wildman–Crippen LogP) is 2.16. The largest absolute Gasteiger partial charge is 0.493 e. The highest BCUT2D eigenvalue weighted by atomic mass is 32.2. The third-order valence-corrected chi connectivity index (χ3v) is 6.51. The molecule has 0 heterocycles. The molecule has 1 saturated carbocycles. The van der Waals surface area contributed by atoms with Crippen LogP contribution in [-0.4, -0.2) is 52.0 Å². The van der Waals surface area contributed by atoms with E-state index in [-0.39, 0.29) is 23.4 Å². The number of hydrogen-bond donors (Lipinski definition) is 1. The highest BCUT2D eigenvalue weighted by Crippen LogP contribution is 2.33. The van der Waals surface area contributed by atoms with Gasteiger partial charge in [0.15, 0.2) is 11.5 Å². The maximum absolute atomic E-state index is 13.3. The van der Waals surface area contributed by atoms with Gasteiger partial charge in [0.25, 0.3) is 0 Å². The molecule has 1 aromatic rings. The van der Waals surface area contributed by atoms with E-state index in [1.54, 1.807) is 6.07 Å². The lowest BCUT2D eigenvalue weighted by Crippen LogP contribution is -2.47. The molecule has 1 fully saturated rings. The zero-order valence-corrected chi connectivity index (χ0v) is 16.5. The van der Waals surface area contributed by atoms with Gasteiger partial charge in [0.2, 0.25) is 15.9 Å². The van der Waals surface area contributed by atoms with Crippen LogP contribution in [0.5, 0.6) is 11.5 Å². The van der Waals surface area contributed by atoms with Crippen molar-refractivity contribution in [3.8, 4) is 11.5 Å². The van der Waals surface area contributed by atoms with Gasteiger partial charge in [0, 0.05) is 18.7 Å². The summed E-state index contributed by atoms with van der Waals surface area (Å²) in [4.78, 5) is 12.2. The van der Waals surface area contributed by atoms with E-state index in [0.29, 0.717) is 18.0 Å². The molecule has 0 bridgehead atoms.